The number of hydrogen-bond acceptors (Lipinski definition) is 0. The summed E-state index contributed by atoms with van der Waals surface area (Å²) in [7, 11) is 0. The minimum Gasteiger partial charge on any atom is -0.0651 e. The molecule has 5 aromatic carbocycles. The quantitative estimate of drug-likeness (QED) is 0.278. The molecule has 0 spiro atoms. The van der Waals surface area contributed by atoms with Crippen molar-refractivity contribution in [3.63, 3.8) is 0 Å². The maximum Gasteiger partial charge on any atom is -0.00264 e. The molecule has 29 heavy (non-hydrogen) atoms. The van der Waals surface area contributed by atoms with Crippen molar-refractivity contribution in [2.75, 3.05) is 0 Å². The second kappa shape index (κ2) is 7.56. The highest BCUT2D eigenvalue weighted by atomic mass is 14.2. The molecular weight excluding hydrogens is 348 g/mol. The molecule has 0 nitrogen and oxygen atoms in total. The summed E-state index contributed by atoms with van der Waals surface area (Å²) < 4.78 is 0. The highest BCUT2D eigenvalue weighted by molar-refractivity contribution is 6.21. The van der Waals surface area contributed by atoms with Gasteiger partial charge in [-0.15, -0.1) is 0 Å². The average molecular weight is 373 g/mol. The third-order valence-corrected chi connectivity index (χ3v) is 5.78. The van der Waals surface area contributed by atoms with Crippen LogP contribution in [0.5, 0.6) is 0 Å². The molecule has 140 valence electrons. The Kier molecular flexibility index (Phi) is 4.62. The van der Waals surface area contributed by atoms with E-state index in [2.05, 4.69) is 110 Å². The number of aryl methyl sites for hydroxylation is 1. The van der Waals surface area contributed by atoms with Crippen LogP contribution in [0.1, 0.15) is 18.9 Å². The summed E-state index contributed by atoms with van der Waals surface area (Å²) in [5.41, 5.74) is 6.62. The number of benzene rings is 5. The molecule has 5 rings (SSSR count). The fourth-order valence-corrected chi connectivity index (χ4v) is 4.48. The summed E-state index contributed by atoms with van der Waals surface area (Å²) in [6.07, 6.45) is 2.31. The molecule has 0 radical (unpaired) electrons. The topological polar surface area (TPSA) is 0 Å². The van der Waals surface area contributed by atoms with Gasteiger partial charge in [0.15, 0.2) is 0 Å². The average Bonchev–Trinajstić information content (AvgIpc) is 2.79. The van der Waals surface area contributed by atoms with Crippen molar-refractivity contribution in [1.29, 1.82) is 0 Å². The minimum absolute atomic E-state index is 1.13. The number of hydrogen-bond donors (Lipinski definition) is 0. The first kappa shape index (κ1) is 17.7. The van der Waals surface area contributed by atoms with Gasteiger partial charge in [-0.25, -0.2) is 0 Å². The highest BCUT2D eigenvalue weighted by Crippen LogP contribution is 2.43. The molecule has 0 aromatic heterocycles. The van der Waals surface area contributed by atoms with E-state index in [4.69, 9.17) is 0 Å². The predicted molar refractivity (Wildman–Crippen MR) is 126 cm³/mol. The Balaban J connectivity index is 1.88. The highest BCUT2D eigenvalue weighted by Gasteiger charge is 2.15. The normalized spacial score (nSPS) is 11.2. The second-order valence-electron chi connectivity index (χ2n) is 7.65. The van der Waals surface area contributed by atoms with Crippen molar-refractivity contribution in [3.05, 3.63) is 109 Å². The van der Waals surface area contributed by atoms with Crippen LogP contribution in [0.25, 0.3) is 43.8 Å². The molecular formula is C29H24. The van der Waals surface area contributed by atoms with E-state index >= 15 is 0 Å². The van der Waals surface area contributed by atoms with Gasteiger partial charge >= 0.3 is 0 Å². The van der Waals surface area contributed by atoms with Gasteiger partial charge in [-0.2, -0.15) is 0 Å². The summed E-state index contributed by atoms with van der Waals surface area (Å²) in [4.78, 5) is 0. The van der Waals surface area contributed by atoms with Crippen molar-refractivity contribution in [2.45, 2.75) is 19.8 Å². The van der Waals surface area contributed by atoms with E-state index in [-0.39, 0.29) is 0 Å². The lowest BCUT2D eigenvalue weighted by Gasteiger charge is -2.17. The van der Waals surface area contributed by atoms with Crippen molar-refractivity contribution < 1.29 is 0 Å². The zero-order valence-electron chi connectivity index (χ0n) is 16.7. The molecule has 0 fully saturated rings. The van der Waals surface area contributed by atoms with Crippen LogP contribution < -0.4 is 0 Å². The zero-order chi connectivity index (χ0) is 19.6. The van der Waals surface area contributed by atoms with Gasteiger partial charge in [-0.1, -0.05) is 116 Å². The van der Waals surface area contributed by atoms with Gasteiger partial charge in [0.2, 0.25) is 0 Å². The van der Waals surface area contributed by atoms with Crippen LogP contribution in [0.3, 0.4) is 0 Å². The van der Waals surface area contributed by atoms with Gasteiger partial charge < -0.3 is 0 Å². The van der Waals surface area contributed by atoms with Gasteiger partial charge in [0.25, 0.3) is 0 Å². The molecule has 0 saturated carbocycles. The Hall–Kier alpha value is -3.38. The van der Waals surface area contributed by atoms with E-state index in [0.717, 1.165) is 6.42 Å². The third kappa shape index (κ3) is 3.11. The summed E-state index contributed by atoms with van der Waals surface area (Å²) >= 11 is 0. The largest absolute Gasteiger partial charge is 0.0651 e. The summed E-state index contributed by atoms with van der Waals surface area (Å²) in [5, 5.41) is 5.25. The molecule has 0 amide bonds. The van der Waals surface area contributed by atoms with E-state index in [9.17, 15) is 0 Å². The Bertz CT molecular complexity index is 1220. The summed E-state index contributed by atoms with van der Waals surface area (Å²) in [6.45, 7) is 2.23. The molecule has 0 N–H and O–H groups in total. The van der Waals surface area contributed by atoms with Gasteiger partial charge in [0, 0.05) is 0 Å². The summed E-state index contributed by atoms with van der Waals surface area (Å²) in [6, 6.07) is 37.6. The third-order valence-electron chi connectivity index (χ3n) is 5.78. The van der Waals surface area contributed by atoms with Crippen molar-refractivity contribution >= 4 is 21.5 Å². The van der Waals surface area contributed by atoms with Crippen LogP contribution in [-0.2, 0) is 6.42 Å². The van der Waals surface area contributed by atoms with E-state index in [1.165, 1.54) is 55.8 Å². The van der Waals surface area contributed by atoms with E-state index in [1.807, 2.05) is 0 Å². The molecule has 0 heteroatoms. The molecule has 0 aliphatic carbocycles. The van der Waals surface area contributed by atoms with Crippen LogP contribution in [0.4, 0.5) is 0 Å². The maximum absolute atomic E-state index is 2.29. The lowest BCUT2D eigenvalue weighted by molar-refractivity contribution is 0.922. The molecule has 0 heterocycles. The van der Waals surface area contributed by atoms with Gasteiger partial charge in [0.05, 0.1) is 0 Å². The first-order valence-corrected chi connectivity index (χ1v) is 10.4. The first-order valence-electron chi connectivity index (χ1n) is 10.4. The second-order valence-corrected chi connectivity index (χ2v) is 7.65. The monoisotopic (exact) mass is 372 g/mol. The molecule has 0 aliphatic heterocycles. The smallest absolute Gasteiger partial charge is 0.00264 e. The first-order chi connectivity index (χ1) is 14.4. The molecule has 0 atom stereocenters. The Morgan fingerprint density at radius 3 is 1.31 bits per heavy atom. The van der Waals surface area contributed by atoms with Crippen LogP contribution in [0.2, 0.25) is 0 Å². The molecule has 0 aliphatic rings. The lowest BCUT2D eigenvalue weighted by atomic mass is 9.86. The molecule has 5 aromatic rings. The number of fused-ring (bicyclic) bond motifs is 2. The Morgan fingerprint density at radius 2 is 0.862 bits per heavy atom. The maximum atomic E-state index is 2.29. The lowest BCUT2D eigenvalue weighted by Crippen LogP contribution is -1.91. The zero-order valence-corrected chi connectivity index (χ0v) is 16.7. The van der Waals surface area contributed by atoms with Gasteiger partial charge in [-0.05, 0) is 55.8 Å². The predicted octanol–water partition coefficient (Wildman–Crippen LogP) is 8.28. The Morgan fingerprint density at radius 1 is 0.448 bits per heavy atom. The summed E-state index contributed by atoms with van der Waals surface area (Å²) in [5.74, 6) is 0. The van der Waals surface area contributed by atoms with Gasteiger partial charge in [0.1, 0.15) is 0 Å². The van der Waals surface area contributed by atoms with Crippen molar-refractivity contribution in [3.8, 4) is 22.3 Å². The van der Waals surface area contributed by atoms with Crippen LogP contribution in [0, 0.1) is 0 Å². The van der Waals surface area contributed by atoms with Crippen LogP contribution >= 0.6 is 0 Å². The molecule has 0 bridgehead atoms. The van der Waals surface area contributed by atoms with Crippen LogP contribution in [0.15, 0.2) is 103 Å². The van der Waals surface area contributed by atoms with E-state index in [0.29, 0.717) is 0 Å². The number of rotatable bonds is 4. The fraction of sp³-hybridized carbons (Fsp3) is 0.103. The molecule has 0 saturated heterocycles. The SMILES string of the molecule is CCCc1ccc(-c2c3ccccc3c(-c3ccccc3)c3ccccc23)cc1. The van der Waals surface area contributed by atoms with Gasteiger partial charge in [-0.3, -0.25) is 0 Å². The van der Waals surface area contributed by atoms with E-state index in [1.54, 1.807) is 0 Å². The van der Waals surface area contributed by atoms with E-state index < -0.39 is 0 Å². The van der Waals surface area contributed by atoms with Crippen molar-refractivity contribution in [2.24, 2.45) is 0 Å². The fourth-order valence-electron chi connectivity index (χ4n) is 4.48. The Labute approximate surface area is 172 Å². The standard InChI is InChI=1S/C29H24/c1-2-10-21-17-19-23(20-18-21)29-26-15-8-6-13-24(26)28(22-11-4-3-5-12-22)25-14-7-9-16-27(25)29/h3-9,11-20H,2,10H2,1H3. The van der Waals surface area contributed by atoms with Crippen molar-refractivity contribution in [1.82, 2.24) is 0 Å². The molecule has 0 unspecified atom stereocenters. The van der Waals surface area contributed by atoms with Crippen LogP contribution in [-0.4, -0.2) is 0 Å². The minimum atomic E-state index is 1.13.